The lowest BCUT2D eigenvalue weighted by Crippen LogP contribution is -2.51. The van der Waals surface area contributed by atoms with E-state index in [4.69, 9.17) is 15.5 Å². The second kappa shape index (κ2) is 11.3. The van der Waals surface area contributed by atoms with Crippen molar-refractivity contribution in [3.63, 3.8) is 0 Å². The van der Waals surface area contributed by atoms with Crippen LogP contribution in [-0.2, 0) is 14.8 Å². The Labute approximate surface area is 245 Å². The number of hydrogen-bond acceptors (Lipinski definition) is 7. The standard InChI is InChI=1S/C31H37FN6O3S/c1-18(2)31-36-28(21-10-13-25(24(32)14-21)37-42(39,40)27-7-5-4-6-19(27)3)29-30(33)34-15-26(38(29)31)20-8-11-22(12-9-20)35-23-16-41-17-23/h4-7,10,13-15,18,20,22-23,35,37H,8-9,11-12,16-17H2,1-3H3,(H2,33,34). The summed E-state index contributed by atoms with van der Waals surface area (Å²) in [6.45, 7) is 7.43. The Morgan fingerprint density at radius 1 is 1.07 bits per heavy atom. The first kappa shape index (κ1) is 28.6. The van der Waals surface area contributed by atoms with Gasteiger partial charge in [0, 0.05) is 35.3 Å². The molecule has 11 heteroatoms. The van der Waals surface area contributed by atoms with Gasteiger partial charge in [-0.15, -0.1) is 0 Å². The summed E-state index contributed by atoms with van der Waals surface area (Å²) in [5.74, 6) is 0.820. The van der Waals surface area contributed by atoms with Crippen LogP contribution in [0.1, 0.15) is 68.4 Å². The summed E-state index contributed by atoms with van der Waals surface area (Å²) < 4.78 is 51.2. The highest BCUT2D eigenvalue weighted by molar-refractivity contribution is 7.92. The average Bonchev–Trinajstić information content (AvgIpc) is 3.35. The minimum atomic E-state index is -3.97. The van der Waals surface area contributed by atoms with Crippen LogP contribution >= 0.6 is 0 Å². The van der Waals surface area contributed by atoms with Crippen LogP contribution in [0.25, 0.3) is 16.8 Å². The number of nitrogens with zero attached hydrogens (tertiary/aromatic N) is 3. The van der Waals surface area contributed by atoms with Crippen LogP contribution in [0.3, 0.4) is 0 Å². The molecule has 4 aromatic rings. The van der Waals surface area contributed by atoms with Gasteiger partial charge < -0.3 is 15.8 Å². The maximum Gasteiger partial charge on any atom is 0.262 e. The smallest absolute Gasteiger partial charge is 0.262 e. The predicted molar refractivity (Wildman–Crippen MR) is 162 cm³/mol. The molecule has 1 aliphatic heterocycles. The number of aryl methyl sites for hydroxylation is 1. The molecule has 2 aromatic heterocycles. The lowest BCUT2D eigenvalue weighted by molar-refractivity contribution is -0.0121. The van der Waals surface area contributed by atoms with Crippen LogP contribution in [0.5, 0.6) is 0 Å². The van der Waals surface area contributed by atoms with Gasteiger partial charge in [0.25, 0.3) is 10.0 Å². The summed E-state index contributed by atoms with van der Waals surface area (Å²) in [6.07, 6.45) is 6.03. The molecule has 6 rings (SSSR count). The van der Waals surface area contributed by atoms with Gasteiger partial charge in [0.2, 0.25) is 0 Å². The van der Waals surface area contributed by atoms with E-state index in [0.29, 0.717) is 46.2 Å². The fourth-order valence-corrected chi connectivity index (χ4v) is 7.40. The molecule has 2 aromatic carbocycles. The summed E-state index contributed by atoms with van der Waals surface area (Å²) in [5, 5.41) is 3.71. The quantitative estimate of drug-likeness (QED) is 0.252. The van der Waals surface area contributed by atoms with Gasteiger partial charge in [-0.3, -0.25) is 9.12 Å². The molecule has 4 N–H and O–H groups in total. The molecular formula is C31H37FN6O3S. The Kier molecular flexibility index (Phi) is 7.67. The van der Waals surface area contributed by atoms with Crippen LogP contribution in [0.4, 0.5) is 15.9 Å². The zero-order valence-electron chi connectivity index (χ0n) is 24.1. The largest absolute Gasteiger partial charge is 0.382 e. The molecule has 2 fully saturated rings. The van der Waals surface area contributed by atoms with Crippen molar-refractivity contribution >= 4 is 27.0 Å². The molecule has 0 bridgehead atoms. The van der Waals surface area contributed by atoms with E-state index in [2.05, 4.69) is 33.3 Å². The van der Waals surface area contributed by atoms with E-state index in [9.17, 15) is 8.42 Å². The second-order valence-corrected chi connectivity index (χ2v) is 13.4. The van der Waals surface area contributed by atoms with Crippen molar-refractivity contribution < 1.29 is 17.5 Å². The Bertz CT molecular complexity index is 1730. The van der Waals surface area contributed by atoms with E-state index in [1.807, 2.05) is 6.20 Å². The van der Waals surface area contributed by atoms with Gasteiger partial charge >= 0.3 is 0 Å². The average molecular weight is 593 g/mol. The van der Waals surface area contributed by atoms with Gasteiger partial charge in [-0.05, 0) is 56.4 Å². The number of hydrogen-bond donors (Lipinski definition) is 3. The zero-order chi connectivity index (χ0) is 29.6. The number of rotatable bonds is 8. The third kappa shape index (κ3) is 5.36. The van der Waals surface area contributed by atoms with E-state index in [0.717, 1.165) is 50.4 Å². The van der Waals surface area contributed by atoms with E-state index < -0.39 is 15.8 Å². The van der Waals surface area contributed by atoms with Crippen molar-refractivity contribution in [3.05, 3.63) is 71.6 Å². The molecular weight excluding hydrogens is 555 g/mol. The third-order valence-corrected chi connectivity index (χ3v) is 9.91. The molecule has 222 valence electrons. The highest BCUT2D eigenvalue weighted by Crippen LogP contribution is 2.39. The zero-order valence-corrected chi connectivity index (χ0v) is 24.9. The molecule has 1 saturated heterocycles. The molecule has 1 saturated carbocycles. The van der Waals surface area contributed by atoms with Crippen molar-refractivity contribution in [1.82, 2.24) is 19.7 Å². The lowest BCUT2D eigenvalue weighted by Gasteiger charge is -2.35. The maximum absolute atomic E-state index is 15.5. The first-order valence-corrected chi connectivity index (χ1v) is 16.0. The van der Waals surface area contributed by atoms with Crippen molar-refractivity contribution in [2.24, 2.45) is 0 Å². The number of nitrogen functional groups attached to an aromatic ring is 1. The molecule has 9 nitrogen and oxygen atoms in total. The monoisotopic (exact) mass is 592 g/mol. The van der Waals surface area contributed by atoms with E-state index in [1.54, 1.807) is 31.2 Å². The Morgan fingerprint density at radius 2 is 1.81 bits per heavy atom. The minimum absolute atomic E-state index is 0.0773. The highest BCUT2D eigenvalue weighted by atomic mass is 32.2. The van der Waals surface area contributed by atoms with Gasteiger partial charge in [-0.1, -0.05) is 38.1 Å². The highest BCUT2D eigenvalue weighted by Gasteiger charge is 2.30. The first-order chi connectivity index (χ1) is 20.1. The fraction of sp³-hybridized carbons (Fsp3) is 0.419. The third-order valence-electron chi connectivity index (χ3n) is 8.38. The number of ether oxygens (including phenoxy) is 1. The summed E-state index contributed by atoms with van der Waals surface area (Å²) in [6, 6.07) is 11.9. The molecule has 0 atom stereocenters. The van der Waals surface area contributed by atoms with Crippen LogP contribution < -0.4 is 15.8 Å². The molecule has 1 aliphatic carbocycles. The number of sulfonamides is 1. The predicted octanol–water partition coefficient (Wildman–Crippen LogP) is 5.36. The molecule has 2 aliphatic rings. The van der Waals surface area contributed by atoms with Crippen LogP contribution in [0.2, 0.25) is 0 Å². The number of nitrogens with one attached hydrogen (secondary N) is 2. The fourth-order valence-electron chi connectivity index (χ4n) is 6.09. The SMILES string of the molecule is Cc1ccccc1S(=O)(=O)Nc1ccc(-c2nc(C(C)C)n3c(C4CCC(NC5COC5)CC4)cnc(N)c23)cc1F. The molecule has 42 heavy (non-hydrogen) atoms. The summed E-state index contributed by atoms with van der Waals surface area (Å²) in [5.41, 5.74) is 9.63. The van der Waals surface area contributed by atoms with Crippen molar-refractivity contribution in [2.75, 3.05) is 23.7 Å². The van der Waals surface area contributed by atoms with Crippen LogP contribution in [0.15, 0.2) is 53.6 Å². The van der Waals surface area contributed by atoms with Gasteiger partial charge in [0.05, 0.1) is 29.8 Å². The van der Waals surface area contributed by atoms with Gasteiger partial charge in [-0.25, -0.2) is 22.8 Å². The maximum atomic E-state index is 15.5. The van der Waals surface area contributed by atoms with Crippen molar-refractivity contribution in [2.45, 2.75) is 75.3 Å². The summed E-state index contributed by atoms with van der Waals surface area (Å²) >= 11 is 0. The molecule has 0 amide bonds. The topological polar surface area (TPSA) is 124 Å². The number of fused-ring (bicyclic) bond motifs is 1. The van der Waals surface area contributed by atoms with E-state index in [1.165, 1.54) is 18.2 Å². The van der Waals surface area contributed by atoms with E-state index in [-0.39, 0.29) is 16.5 Å². The van der Waals surface area contributed by atoms with Crippen molar-refractivity contribution in [3.8, 4) is 11.3 Å². The lowest BCUT2D eigenvalue weighted by atomic mass is 9.83. The number of aromatic nitrogens is 3. The molecule has 0 radical (unpaired) electrons. The molecule has 0 unspecified atom stereocenters. The summed E-state index contributed by atoms with van der Waals surface area (Å²) in [4.78, 5) is 9.63. The summed E-state index contributed by atoms with van der Waals surface area (Å²) in [7, 11) is -3.97. The minimum Gasteiger partial charge on any atom is -0.382 e. The van der Waals surface area contributed by atoms with Gasteiger partial charge in [0.1, 0.15) is 28.7 Å². The van der Waals surface area contributed by atoms with E-state index >= 15 is 4.39 Å². The van der Waals surface area contributed by atoms with Gasteiger partial charge in [0.15, 0.2) is 0 Å². The van der Waals surface area contributed by atoms with Gasteiger partial charge in [-0.2, -0.15) is 0 Å². The Balaban J connectivity index is 1.33. The number of benzene rings is 2. The number of nitrogens with two attached hydrogens (primary N) is 1. The second-order valence-electron chi connectivity index (χ2n) is 11.7. The Hall–Kier alpha value is -3.54. The number of anilines is 2. The first-order valence-electron chi connectivity index (χ1n) is 14.5. The normalized spacial score (nSPS) is 19.7. The number of halogens is 1. The van der Waals surface area contributed by atoms with Crippen LogP contribution in [0, 0.1) is 12.7 Å². The molecule has 3 heterocycles. The number of imidazole rings is 1. The molecule has 0 spiro atoms. The Morgan fingerprint density at radius 3 is 2.45 bits per heavy atom. The van der Waals surface area contributed by atoms with Crippen LogP contribution in [-0.4, -0.2) is 48.1 Å². The van der Waals surface area contributed by atoms with Crippen molar-refractivity contribution in [1.29, 1.82) is 0 Å².